The van der Waals surface area contributed by atoms with Crippen LogP contribution in [0.4, 0.5) is 11.4 Å². The van der Waals surface area contributed by atoms with E-state index in [1.165, 1.54) is 5.39 Å². The zero-order chi connectivity index (χ0) is 14.7. The van der Waals surface area contributed by atoms with E-state index in [0.29, 0.717) is 0 Å². The number of hydrogen-bond acceptors (Lipinski definition) is 3. The molecule has 3 nitrogen and oxygen atoms in total. The Kier molecular flexibility index (Phi) is 3.73. The van der Waals surface area contributed by atoms with Crippen molar-refractivity contribution >= 4 is 22.3 Å². The normalized spacial score (nSPS) is 10.7. The third-order valence-corrected chi connectivity index (χ3v) is 3.67. The molecule has 0 bridgehead atoms. The molecule has 0 saturated carbocycles. The standard InChI is InChI=1S/C18H19N3/c1-2-21(18-10-6-4-8-16(18)19)13-15-12-11-14-7-3-5-9-17(14)20-15/h3-12H,2,13,19H2,1H3. The lowest BCUT2D eigenvalue weighted by Gasteiger charge is -2.24. The molecule has 0 aliphatic heterocycles. The number of pyridine rings is 1. The SMILES string of the molecule is CCN(Cc1ccc2ccccc2n1)c1ccccc1N. The number of para-hydroxylation sites is 3. The van der Waals surface area contributed by atoms with Gasteiger partial charge in [0.25, 0.3) is 0 Å². The van der Waals surface area contributed by atoms with Crippen LogP contribution in [0.3, 0.4) is 0 Å². The van der Waals surface area contributed by atoms with E-state index in [-0.39, 0.29) is 0 Å². The first-order valence-electron chi connectivity index (χ1n) is 7.22. The zero-order valence-electron chi connectivity index (χ0n) is 12.2. The second-order valence-electron chi connectivity index (χ2n) is 5.07. The monoisotopic (exact) mass is 277 g/mol. The molecule has 0 radical (unpaired) electrons. The van der Waals surface area contributed by atoms with Gasteiger partial charge in [0.05, 0.1) is 29.1 Å². The maximum atomic E-state index is 6.08. The number of anilines is 2. The van der Waals surface area contributed by atoms with Crippen molar-refractivity contribution in [2.24, 2.45) is 0 Å². The summed E-state index contributed by atoms with van der Waals surface area (Å²) in [6.45, 7) is 3.78. The first kappa shape index (κ1) is 13.4. The third kappa shape index (κ3) is 2.82. The van der Waals surface area contributed by atoms with Crippen LogP contribution in [0, 0.1) is 0 Å². The van der Waals surface area contributed by atoms with Crippen LogP contribution in [0.15, 0.2) is 60.7 Å². The molecule has 106 valence electrons. The largest absolute Gasteiger partial charge is 0.397 e. The molecule has 2 aromatic carbocycles. The molecule has 3 heteroatoms. The molecular weight excluding hydrogens is 258 g/mol. The highest BCUT2D eigenvalue weighted by Gasteiger charge is 2.09. The second kappa shape index (κ2) is 5.83. The number of aromatic nitrogens is 1. The van der Waals surface area contributed by atoms with Gasteiger partial charge in [0.2, 0.25) is 0 Å². The van der Waals surface area contributed by atoms with Gasteiger partial charge in [0, 0.05) is 11.9 Å². The minimum Gasteiger partial charge on any atom is -0.397 e. The van der Waals surface area contributed by atoms with Gasteiger partial charge >= 0.3 is 0 Å². The van der Waals surface area contributed by atoms with Gasteiger partial charge in [0.1, 0.15) is 0 Å². The molecule has 0 spiro atoms. The molecule has 0 fully saturated rings. The Morgan fingerprint density at radius 2 is 1.71 bits per heavy atom. The highest BCUT2D eigenvalue weighted by Crippen LogP contribution is 2.24. The van der Waals surface area contributed by atoms with E-state index in [9.17, 15) is 0 Å². The average Bonchev–Trinajstić information content (AvgIpc) is 2.53. The van der Waals surface area contributed by atoms with E-state index < -0.39 is 0 Å². The van der Waals surface area contributed by atoms with Crippen molar-refractivity contribution in [2.45, 2.75) is 13.5 Å². The topological polar surface area (TPSA) is 42.2 Å². The van der Waals surface area contributed by atoms with Crippen molar-refractivity contribution in [3.8, 4) is 0 Å². The predicted molar refractivity (Wildman–Crippen MR) is 89.3 cm³/mol. The Labute approximate surface area is 125 Å². The quantitative estimate of drug-likeness (QED) is 0.737. The van der Waals surface area contributed by atoms with Gasteiger partial charge in [0.15, 0.2) is 0 Å². The van der Waals surface area contributed by atoms with E-state index in [0.717, 1.165) is 35.7 Å². The lowest BCUT2D eigenvalue weighted by Crippen LogP contribution is -2.23. The Hall–Kier alpha value is -2.55. The molecule has 1 aromatic heterocycles. The van der Waals surface area contributed by atoms with Gasteiger partial charge in [-0.15, -0.1) is 0 Å². The van der Waals surface area contributed by atoms with Crippen LogP contribution in [0.5, 0.6) is 0 Å². The minimum atomic E-state index is 0.759. The predicted octanol–water partition coefficient (Wildman–Crippen LogP) is 3.84. The molecule has 1 heterocycles. The van der Waals surface area contributed by atoms with Crippen LogP contribution in [0.25, 0.3) is 10.9 Å². The summed E-state index contributed by atoms with van der Waals surface area (Å²) in [6, 6.07) is 20.4. The van der Waals surface area contributed by atoms with Gasteiger partial charge in [-0.05, 0) is 31.2 Å². The van der Waals surface area contributed by atoms with Gasteiger partial charge in [-0.2, -0.15) is 0 Å². The van der Waals surface area contributed by atoms with Crippen LogP contribution in [0.1, 0.15) is 12.6 Å². The summed E-state index contributed by atoms with van der Waals surface area (Å²) in [7, 11) is 0. The smallest absolute Gasteiger partial charge is 0.0706 e. The lowest BCUT2D eigenvalue weighted by molar-refractivity contribution is 0.815. The fraction of sp³-hybridized carbons (Fsp3) is 0.167. The van der Waals surface area contributed by atoms with Crippen LogP contribution in [0.2, 0.25) is 0 Å². The van der Waals surface area contributed by atoms with Gasteiger partial charge in [-0.1, -0.05) is 36.4 Å². The first-order valence-corrected chi connectivity index (χ1v) is 7.22. The fourth-order valence-corrected chi connectivity index (χ4v) is 2.53. The number of rotatable bonds is 4. The summed E-state index contributed by atoms with van der Waals surface area (Å²) >= 11 is 0. The van der Waals surface area contributed by atoms with Crippen LogP contribution in [-0.2, 0) is 6.54 Å². The molecular formula is C18H19N3. The molecule has 0 aliphatic rings. The molecule has 0 atom stereocenters. The van der Waals surface area contributed by atoms with E-state index in [4.69, 9.17) is 10.7 Å². The molecule has 0 unspecified atom stereocenters. The van der Waals surface area contributed by atoms with Crippen molar-refractivity contribution in [3.63, 3.8) is 0 Å². The van der Waals surface area contributed by atoms with Crippen LogP contribution < -0.4 is 10.6 Å². The van der Waals surface area contributed by atoms with E-state index in [1.54, 1.807) is 0 Å². The van der Waals surface area contributed by atoms with Crippen molar-refractivity contribution < 1.29 is 0 Å². The molecule has 2 N–H and O–H groups in total. The van der Waals surface area contributed by atoms with Crippen molar-refractivity contribution in [2.75, 3.05) is 17.2 Å². The zero-order valence-corrected chi connectivity index (χ0v) is 12.2. The summed E-state index contributed by atoms with van der Waals surface area (Å²) < 4.78 is 0. The van der Waals surface area contributed by atoms with Gasteiger partial charge < -0.3 is 10.6 Å². The second-order valence-corrected chi connectivity index (χ2v) is 5.07. The molecule has 0 amide bonds. The molecule has 21 heavy (non-hydrogen) atoms. The molecule has 0 aliphatic carbocycles. The summed E-state index contributed by atoms with van der Waals surface area (Å²) in [6.07, 6.45) is 0. The number of nitrogens with zero attached hydrogens (tertiary/aromatic N) is 2. The molecule has 0 saturated heterocycles. The van der Waals surface area contributed by atoms with Crippen molar-refractivity contribution in [3.05, 3.63) is 66.4 Å². The Bertz CT molecular complexity index is 752. The van der Waals surface area contributed by atoms with E-state index >= 15 is 0 Å². The summed E-state index contributed by atoms with van der Waals surface area (Å²) in [4.78, 5) is 6.98. The molecule has 3 aromatic rings. The Morgan fingerprint density at radius 1 is 0.952 bits per heavy atom. The number of hydrogen-bond donors (Lipinski definition) is 1. The number of nitrogen functional groups attached to an aromatic ring is 1. The maximum absolute atomic E-state index is 6.08. The van der Waals surface area contributed by atoms with Gasteiger partial charge in [-0.3, -0.25) is 4.98 Å². The lowest BCUT2D eigenvalue weighted by atomic mass is 10.2. The summed E-state index contributed by atoms with van der Waals surface area (Å²) in [5, 5.41) is 1.17. The first-order chi connectivity index (χ1) is 10.3. The maximum Gasteiger partial charge on any atom is 0.0706 e. The summed E-state index contributed by atoms with van der Waals surface area (Å²) in [5.74, 6) is 0. The van der Waals surface area contributed by atoms with E-state index in [2.05, 4.69) is 36.1 Å². The highest BCUT2D eigenvalue weighted by molar-refractivity contribution is 5.78. The third-order valence-electron chi connectivity index (χ3n) is 3.67. The minimum absolute atomic E-state index is 0.759. The van der Waals surface area contributed by atoms with Crippen molar-refractivity contribution in [1.82, 2.24) is 4.98 Å². The van der Waals surface area contributed by atoms with Crippen LogP contribution >= 0.6 is 0 Å². The number of benzene rings is 2. The summed E-state index contributed by atoms with van der Waals surface area (Å²) in [5.41, 5.74) is 10.0. The van der Waals surface area contributed by atoms with Crippen LogP contribution in [-0.4, -0.2) is 11.5 Å². The number of nitrogens with two attached hydrogens (primary N) is 1. The Morgan fingerprint density at radius 3 is 2.52 bits per heavy atom. The van der Waals surface area contributed by atoms with Gasteiger partial charge in [-0.25, -0.2) is 0 Å². The average molecular weight is 277 g/mol. The Balaban J connectivity index is 1.90. The van der Waals surface area contributed by atoms with Crippen molar-refractivity contribution in [1.29, 1.82) is 0 Å². The fourth-order valence-electron chi connectivity index (χ4n) is 2.53. The highest BCUT2D eigenvalue weighted by atomic mass is 15.1. The van der Waals surface area contributed by atoms with E-state index in [1.807, 2.05) is 36.4 Å². The molecule has 3 rings (SSSR count). The number of fused-ring (bicyclic) bond motifs is 1.